The van der Waals surface area contributed by atoms with Gasteiger partial charge in [-0.1, -0.05) is 18.2 Å². The van der Waals surface area contributed by atoms with Gasteiger partial charge in [0.1, 0.15) is 0 Å². The van der Waals surface area contributed by atoms with Crippen molar-refractivity contribution in [2.75, 3.05) is 25.2 Å². The van der Waals surface area contributed by atoms with Crippen LogP contribution in [0, 0.1) is 0 Å². The van der Waals surface area contributed by atoms with Crippen LogP contribution in [0.1, 0.15) is 6.42 Å². The molecule has 1 saturated heterocycles. The predicted octanol–water partition coefficient (Wildman–Crippen LogP) is 1.62. The summed E-state index contributed by atoms with van der Waals surface area (Å²) in [5, 5.41) is 2.94. The van der Waals surface area contributed by atoms with Crippen molar-refractivity contribution in [3.8, 4) is 0 Å². The second-order valence-electron chi connectivity index (χ2n) is 3.90. The average Bonchev–Trinajstić information content (AvgIpc) is 2.82. The van der Waals surface area contributed by atoms with E-state index < -0.39 is 0 Å². The van der Waals surface area contributed by atoms with Gasteiger partial charge in [-0.2, -0.15) is 0 Å². The molecule has 0 aliphatic carbocycles. The van der Waals surface area contributed by atoms with Crippen LogP contribution in [0.4, 0.5) is 10.5 Å². The van der Waals surface area contributed by atoms with Crippen molar-refractivity contribution in [2.45, 2.75) is 12.5 Å². The highest BCUT2D eigenvalue weighted by atomic mass is 16.5. The lowest BCUT2D eigenvalue weighted by Crippen LogP contribution is -2.43. The van der Waals surface area contributed by atoms with Gasteiger partial charge in [0, 0.05) is 19.3 Å². The highest BCUT2D eigenvalue weighted by Gasteiger charge is 2.19. The van der Waals surface area contributed by atoms with E-state index in [1.54, 1.807) is 11.9 Å². The maximum absolute atomic E-state index is 11.9. The molecule has 0 saturated carbocycles. The van der Waals surface area contributed by atoms with Gasteiger partial charge in [0.25, 0.3) is 0 Å². The Morgan fingerprint density at radius 3 is 2.81 bits per heavy atom. The minimum Gasteiger partial charge on any atom is -0.379 e. The van der Waals surface area contributed by atoms with Crippen molar-refractivity contribution in [2.24, 2.45) is 0 Å². The maximum atomic E-state index is 11.9. The third-order valence-electron chi connectivity index (χ3n) is 2.71. The van der Waals surface area contributed by atoms with Gasteiger partial charge in [0.15, 0.2) is 0 Å². The second-order valence-corrected chi connectivity index (χ2v) is 3.90. The van der Waals surface area contributed by atoms with Crippen LogP contribution < -0.4 is 10.2 Å². The molecular weight excluding hydrogens is 204 g/mol. The lowest BCUT2D eigenvalue weighted by Gasteiger charge is -2.20. The van der Waals surface area contributed by atoms with E-state index in [9.17, 15) is 4.79 Å². The summed E-state index contributed by atoms with van der Waals surface area (Å²) in [5.74, 6) is 0. The van der Waals surface area contributed by atoms with Crippen molar-refractivity contribution in [1.29, 1.82) is 0 Å². The van der Waals surface area contributed by atoms with Crippen LogP contribution in [0.5, 0.6) is 0 Å². The van der Waals surface area contributed by atoms with Crippen LogP contribution in [0.2, 0.25) is 0 Å². The van der Waals surface area contributed by atoms with Crippen LogP contribution in [0.25, 0.3) is 0 Å². The molecule has 0 bridgehead atoms. The highest BCUT2D eigenvalue weighted by molar-refractivity contribution is 5.91. The third kappa shape index (κ3) is 2.52. The number of urea groups is 1. The summed E-state index contributed by atoms with van der Waals surface area (Å²) < 4.78 is 5.21. The van der Waals surface area contributed by atoms with Gasteiger partial charge in [-0.3, -0.25) is 4.90 Å². The number of para-hydroxylation sites is 1. The molecule has 2 amide bonds. The van der Waals surface area contributed by atoms with Gasteiger partial charge >= 0.3 is 6.03 Å². The first-order valence-electron chi connectivity index (χ1n) is 5.44. The minimum atomic E-state index is -0.0818. The molecule has 16 heavy (non-hydrogen) atoms. The van der Waals surface area contributed by atoms with E-state index in [0.717, 1.165) is 18.7 Å². The zero-order chi connectivity index (χ0) is 11.4. The molecule has 2 rings (SSSR count). The summed E-state index contributed by atoms with van der Waals surface area (Å²) in [6, 6.07) is 9.64. The van der Waals surface area contributed by atoms with Crippen LogP contribution in [0.3, 0.4) is 0 Å². The van der Waals surface area contributed by atoms with E-state index >= 15 is 0 Å². The SMILES string of the molecule is CN(C(=O)NC1CCOC1)c1ccccc1. The summed E-state index contributed by atoms with van der Waals surface area (Å²) in [4.78, 5) is 13.5. The molecule has 1 atom stereocenters. The van der Waals surface area contributed by atoms with Crippen molar-refractivity contribution in [3.05, 3.63) is 30.3 Å². The largest absolute Gasteiger partial charge is 0.379 e. The number of rotatable bonds is 2. The molecule has 1 heterocycles. The quantitative estimate of drug-likeness (QED) is 0.823. The molecule has 1 N–H and O–H groups in total. The van der Waals surface area contributed by atoms with Gasteiger partial charge < -0.3 is 10.1 Å². The normalized spacial score (nSPS) is 19.4. The summed E-state index contributed by atoms with van der Waals surface area (Å²) >= 11 is 0. The molecule has 1 aliphatic rings. The van der Waals surface area contributed by atoms with E-state index in [1.807, 2.05) is 30.3 Å². The first-order chi connectivity index (χ1) is 7.77. The summed E-state index contributed by atoms with van der Waals surface area (Å²) in [6.45, 7) is 1.36. The van der Waals surface area contributed by atoms with Crippen LogP contribution in [0.15, 0.2) is 30.3 Å². The molecule has 1 unspecified atom stereocenters. The Morgan fingerprint density at radius 2 is 2.19 bits per heavy atom. The highest BCUT2D eigenvalue weighted by Crippen LogP contribution is 2.12. The molecule has 1 aromatic carbocycles. The molecule has 0 aromatic heterocycles. The summed E-state index contributed by atoms with van der Waals surface area (Å²) in [6.07, 6.45) is 0.897. The number of benzene rings is 1. The minimum absolute atomic E-state index is 0.0818. The fraction of sp³-hybridized carbons (Fsp3) is 0.417. The summed E-state index contributed by atoms with van der Waals surface area (Å²) in [5.41, 5.74) is 0.888. The zero-order valence-electron chi connectivity index (χ0n) is 9.35. The fourth-order valence-corrected chi connectivity index (χ4v) is 1.69. The molecular formula is C12H16N2O2. The smallest absolute Gasteiger partial charge is 0.321 e. The number of carbonyl (C=O) groups is 1. The number of hydrogen-bond donors (Lipinski definition) is 1. The Morgan fingerprint density at radius 1 is 1.44 bits per heavy atom. The number of amides is 2. The van der Waals surface area contributed by atoms with Gasteiger partial charge in [-0.25, -0.2) is 4.79 Å². The molecule has 86 valence electrons. The van der Waals surface area contributed by atoms with Gasteiger partial charge in [0.2, 0.25) is 0 Å². The monoisotopic (exact) mass is 220 g/mol. The van der Waals surface area contributed by atoms with Gasteiger partial charge in [-0.05, 0) is 18.6 Å². The van der Waals surface area contributed by atoms with Crippen molar-refractivity contribution in [3.63, 3.8) is 0 Å². The predicted molar refractivity (Wildman–Crippen MR) is 62.6 cm³/mol. The Labute approximate surface area is 95.2 Å². The summed E-state index contributed by atoms with van der Waals surface area (Å²) in [7, 11) is 1.76. The van der Waals surface area contributed by atoms with Gasteiger partial charge in [-0.15, -0.1) is 0 Å². The molecule has 4 nitrogen and oxygen atoms in total. The first kappa shape index (κ1) is 11.0. The Kier molecular flexibility index (Phi) is 3.41. The molecule has 4 heteroatoms. The van der Waals surface area contributed by atoms with Crippen molar-refractivity contribution < 1.29 is 9.53 Å². The topological polar surface area (TPSA) is 41.6 Å². The average molecular weight is 220 g/mol. The lowest BCUT2D eigenvalue weighted by atomic mass is 10.2. The zero-order valence-corrected chi connectivity index (χ0v) is 9.35. The Hall–Kier alpha value is -1.55. The molecule has 1 fully saturated rings. The molecule has 1 aliphatic heterocycles. The third-order valence-corrected chi connectivity index (χ3v) is 2.71. The Balaban J connectivity index is 1.94. The van der Waals surface area contributed by atoms with Crippen LogP contribution in [-0.2, 0) is 4.74 Å². The standard InChI is InChI=1S/C12H16N2O2/c1-14(11-5-3-2-4-6-11)12(15)13-10-7-8-16-9-10/h2-6,10H,7-9H2,1H3,(H,13,15). The Bertz CT molecular complexity index is 347. The fourth-order valence-electron chi connectivity index (χ4n) is 1.69. The van der Waals surface area contributed by atoms with Crippen LogP contribution in [-0.4, -0.2) is 32.3 Å². The van der Waals surface area contributed by atoms with Crippen molar-refractivity contribution >= 4 is 11.7 Å². The van der Waals surface area contributed by atoms with Crippen molar-refractivity contribution in [1.82, 2.24) is 5.32 Å². The lowest BCUT2D eigenvalue weighted by molar-refractivity contribution is 0.189. The number of nitrogens with one attached hydrogen (secondary N) is 1. The van der Waals surface area contributed by atoms with E-state index in [2.05, 4.69) is 5.32 Å². The van der Waals surface area contributed by atoms with E-state index in [4.69, 9.17) is 4.74 Å². The molecule has 0 spiro atoms. The number of anilines is 1. The number of ether oxygens (including phenoxy) is 1. The second kappa shape index (κ2) is 4.99. The number of nitrogens with zero attached hydrogens (tertiary/aromatic N) is 1. The van der Waals surface area contributed by atoms with Gasteiger partial charge in [0.05, 0.1) is 12.6 Å². The first-order valence-corrected chi connectivity index (χ1v) is 5.44. The maximum Gasteiger partial charge on any atom is 0.321 e. The van der Waals surface area contributed by atoms with E-state index in [0.29, 0.717) is 6.61 Å². The molecule has 0 radical (unpaired) electrons. The molecule has 1 aromatic rings. The number of hydrogen-bond acceptors (Lipinski definition) is 2. The number of carbonyl (C=O) groups excluding carboxylic acids is 1. The van der Waals surface area contributed by atoms with E-state index in [1.165, 1.54) is 0 Å². The van der Waals surface area contributed by atoms with E-state index in [-0.39, 0.29) is 12.1 Å². The van der Waals surface area contributed by atoms with Crippen LogP contribution >= 0.6 is 0 Å².